The third-order valence-corrected chi connectivity index (χ3v) is 8.95. The first-order valence-electron chi connectivity index (χ1n) is 14.1. The molecule has 5 rings (SSSR count). The van der Waals surface area contributed by atoms with Crippen molar-refractivity contribution in [3.05, 3.63) is 53.9 Å². The van der Waals surface area contributed by atoms with Crippen LogP contribution < -0.4 is 4.90 Å². The van der Waals surface area contributed by atoms with Gasteiger partial charge in [0, 0.05) is 51.2 Å². The molecule has 9 heteroatoms. The molecule has 1 saturated carbocycles. The molecular formula is C29H39F2N5O2. The van der Waals surface area contributed by atoms with E-state index in [9.17, 15) is 18.7 Å². The fourth-order valence-electron chi connectivity index (χ4n) is 6.67. The van der Waals surface area contributed by atoms with Gasteiger partial charge in [0.15, 0.2) is 5.82 Å². The minimum atomic E-state index is -0.737. The van der Waals surface area contributed by atoms with Crippen molar-refractivity contribution in [2.24, 2.45) is 11.8 Å². The number of benzene rings is 1. The molecule has 38 heavy (non-hydrogen) atoms. The van der Waals surface area contributed by atoms with Crippen LogP contribution in [0.25, 0.3) is 0 Å². The molecule has 0 radical (unpaired) electrons. The van der Waals surface area contributed by atoms with Crippen molar-refractivity contribution < 1.29 is 18.7 Å². The van der Waals surface area contributed by atoms with Crippen molar-refractivity contribution >= 4 is 11.9 Å². The maximum Gasteiger partial charge on any atom is 0.320 e. The van der Waals surface area contributed by atoms with Crippen molar-refractivity contribution in [3.63, 3.8) is 0 Å². The first-order chi connectivity index (χ1) is 18.4. The van der Waals surface area contributed by atoms with Gasteiger partial charge in [0.25, 0.3) is 0 Å². The number of carboxylic acids is 1. The number of likely N-dealkylation sites (tertiary alicyclic amines) is 2. The van der Waals surface area contributed by atoms with E-state index < -0.39 is 17.8 Å². The molecule has 0 bridgehead atoms. The van der Waals surface area contributed by atoms with Crippen molar-refractivity contribution in [3.8, 4) is 0 Å². The van der Waals surface area contributed by atoms with Crippen LogP contribution in [0, 0.1) is 23.5 Å². The number of nitrogens with zero attached hydrogens (tertiary/aromatic N) is 5. The molecule has 3 aliphatic rings. The fourth-order valence-corrected chi connectivity index (χ4v) is 6.67. The number of piperidine rings is 1. The lowest BCUT2D eigenvalue weighted by atomic mass is 9.80. The predicted octanol–water partition coefficient (Wildman–Crippen LogP) is 4.40. The number of aliphatic carboxylic acids is 1. The molecule has 206 valence electrons. The van der Waals surface area contributed by atoms with E-state index in [1.54, 1.807) is 12.1 Å². The first-order valence-corrected chi connectivity index (χ1v) is 14.1. The topological polar surface area (TPSA) is 72.8 Å². The number of carboxylic acid groups (broad SMARTS) is 1. The number of halogens is 2. The molecule has 7 nitrogen and oxygen atoms in total. The Bertz CT molecular complexity index is 1070. The normalized spacial score (nSPS) is 24.3. The number of carbonyl (C=O) groups is 1. The van der Waals surface area contributed by atoms with E-state index in [-0.39, 0.29) is 17.7 Å². The van der Waals surface area contributed by atoms with Gasteiger partial charge in [0.2, 0.25) is 5.95 Å². The van der Waals surface area contributed by atoms with Crippen LogP contribution in [-0.2, 0) is 4.79 Å². The highest BCUT2D eigenvalue weighted by atomic mass is 19.1. The highest BCUT2D eigenvalue weighted by molar-refractivity contribution is 5.73. The summed E-state index contributed by atoms with van der Waals surface area (Å²) in [4.78, 5) is 27.4. The van der Waals surface area contributed by atoms with Gasteiger partial charge in [-0.1, -0.05) is 31.4 Å². The number of anilines is 1. The summed E-state index contributed by atoms with van der Waals surface area (Å²) in [5, 5.41) is 10.1. The summed E-state index contributed by atoms with van der Waals surface area (Å²) in [6.07, 6.45) is 8.50. The summed E-state index contributed by atoms with van der Waals surface area (Å²) < 4.78 is 27.5. The van der Waals surface area contributed by atoms with E-state index in [4.69, 9.17) is 0 Å². The van der Waals surface area contributed by atoms with Gasteiger partial charge in [-0.2, -0.15) is 0 Å². The van der Waals surface area contributed by atoms with Crippen LogP contribution in [-0.4, -0.2) is 82.2 Å². The molecule has 0 amide bonds. The van der Waals surface area contributed by atoms with E-state index in [1.165, 1.54) is 24.9 Å². The zero-order valence-electron chi connectivity index (χ0n) is 22.2. The Labute approximate surface area is 223 Å². The van der Waals surface area contributed by atoms with Crippen LogP contribution in [0.5, 0.6) is 0 Å². The van der Waals surface area contributed by atoms with Crippen molar-refractivity contribution in [2.75, 3.05) is 44.2 Å². The number of hydrogen-bond donors (Lipinski definition) is 1. The van der Waals surface area contributed by atoms with E-state index >= 15 is 0 Å². The summed E-state index contributed by atoms with van der Waals surface area (Å²) in [6, 6.07) is 6.66. The average Bonchev–Trinajstić information content (AvgIpc) is 3.29. The second-order valence-electron chi connectivity index (χ2n) is 11.3. The zero-order chi connectivity index (χ0) is 26.6. The second-order valence-corrected chi connectivity index (χ2v) is 11.3. The van der Waals surface area contributed by atoms with Gasteiger partial charge < -0.3 is 14.9 Å². The Morgan fingerprint density at radius 2 is 1.84 bits per heavy atom. The average molecular weight is 528 g/mol. The van der Waals surface area contributed by atoms with Gasteiger partial charge in [-0.3, -0.25) is 9.69 Å². The Hall–Kier alpha value is -2.65. The molecule has 1 unspecified atom stereocenters. The van der Waals surface area contributed by atoms with Crippen molar-refractivity contribution in [2.45, 2.75) is 63.5 Å². The molecule has 1 aromatic carbocycles. The molecule has 1 aliphatic carbocycles. The lowest BCUT2D eigenvalue weighted by Crippen LogP contribution is -2.47. The van der Waals surface area contributed by atoms with Gasteiger partial charge in [0.05, 0.1) is 12.4 Å². The summed E-state index contributed by atoms with van der Waals surface area (Å²) in [5.74, 6) is -0.00221. The lowest BCUT2D eigenvalue weighted by Gasteiger charge is -2.39. The Morgan fingerprint density at radius 1 is 1.11 bits per heavy atom. The summed E-state index contributed by atoms with van der Waals surface area (Å²) >= 11 is 0. The molecule has 2 aliphatic heterocycles. The maximum absolute atomic E-state index is 14.2. The second kappa shape index (κ2) is 12.0. The molecule has 2 saturated heterocycles. The first kappa shape index (κ1) is 26.9. The van der Waals surface area contributed by atoms with Crippen LogP contribution >= 0.6 is 0 Å². The smallest absolute Gasteiger partial charge is 0.320 e. The van der Waals surface area contributed by atoms with Crippen LogP contribution in [0.1, 0.15) is 56.9 Å². The molecule has 3 atom stereocenters. The lowest BCUT2D eigenvalue weighted by molar-refractivity contribution is -0.144. The van der Waals surface area contributed by atoms with E-state index in [0.717, 1.165) is 64.0 Å². The van der Waals surface area contributed by atoms with Gasteiger partial charge in [-0.05, 0) is 55.7 Å². The monoisotopic (exact) mass is 527 g/mol. The maximum atomic E-state index is 14.2. The Balaban J connectivity index is 1.25. The summed E-state index contributed by atoms with van der Waals surface area (Å²) in [5.41, 5.74) is 0.964. The highest BCUT2D eigenvalue weighted by Gasteiger charge is 2.41. The predicted molar refractivity (Wildman–Crippen MR) is 142 cm³/mol. The van der Waals surface area contributed by atoms with Crippen LogP contribution in [0.3, 0.4) is 0 Å². The standard InChI is InChI=1S/C29H39F2N5O2/c1-2-36(29-32-15-24(31)16-33-29)25-9-11-34(12-10-25)17-22-18-35(27(28(37)38)13-20-5-3-6-20)19-26(22)21-7-4-8-23(30)14-21/h4,7-8,14-16,20,22,25-27H,2-3,5-6,9-13,17-19H2,1H3,(H,37,38)/t22?,26-,27-/m1/s1. The van der Waals surface area contributed by atoms with Gasteiger partial charge in [-0.15, -0.1) is 0 Å². The Kier molecular flexibility index (Phi) is 8.53. The third kappa shape index (κ3) is 6.15. The SMILES string of the molecule is CCN(c1ncc(F)cn1)C1CCN(CC2CN([C@H](CC3CCC3)C(=O)O)C[C@@H]2c2cccc(F)c2)CC1. The molecule has 0 spiro atoms. The highest BCUT2D eigenvalue weighted by Crippen LogP contribution is 2.38. The summed E-state index contributed by atoms with van der Waals surface area (Å²) in [7, 11) is 0. The van der Waals surface area contributed by atoms with Crippen molar-refractivity contribution in [1.29, 1.82) is 0 Å². The quantitative estimate of drug-likeness (QED) is 0.491. The molecule has 1 N–H and O–H groups in total. The number of hydrogen-bond acceptors (Lipinski definition) is 6. The van der Waals surface area contributed by atoms with E-state index in [1.807, 2.05) is 6.07 Å². The van der Waals surface area contributed by atoms with Gasteiger partial charge >= 0.3 is 5.97 Å². The molecular weight excluding hydrogens is 488 g/mol. The number of rotatable bonds is 10. The third-order valence-electron chi connectivity index (χ3n) is 8.95. The molecule has 3 heterocycles. The number of aromatic nitrogens is 2. The minimum absolute atomic E-state index is 0.103. The van der Waals surface area contributed by atoms with Crippen LogP contribution in [0.15, 0.2) is 36.7 Å². The molecule has 2 aromatic rings. The largest absolute Gasteiger partial charge is 0.480 e. The molecule has 1 aromatic heterocycles. The fraction of sp³-hybridized carbons (Fsp3) is 0.621. The van der Waals surface area contributed by atoms with Crippen LogP contribution in [0.2, 0.25) is 0 Å². The van der Waals surface area contributed by atoms with Gasteiger partial charge in [-0.25, -0.2) is 18.7 Å². The van der Waals surface area contributed by atoms with Crippen LogP contribution in [0.4, 0.5) is 14.7 Å². The summed E-state index contributed by atoms with van der Waals surface area (Å²) in [6.45, 7) is 6.89. The van der Waals surface area contributed by atoms with E-state index in [0.29, 0.717) is 30.9 Å². The zero-order valence-corrected chi connectivity index (χ0v) is 22.2. The van der Waals surface area contributed by atoms with Crippen molar-refractivity contribution in [1.82, 2.24) is 19.8 Å². The minimum Gasteiger partial charge on any atom is -0.480 e. The molecule has 3 fully saturated rings. The van der Waals surface area contributed by atoms with Gasteiger partial charge in [0.1, 0.15) is 11.9 Å². The van der Waals surface area contributed by atoms with E-state index in [2.05, 4.69) is 31.6 Å². The Morgan fingerprint density at radius 3 is 2.45 bits per heavy atom.